The van der Waals surface area contributed by atoms with Gasteiger partial charge in [0.05, 0.1) is 10.8 Å². The van der Waals surface area contributed by atoms with Crippen LogP contribution < -0.4 is 5.32 Å². The molecule has 0 aromatic heterocycles. The molecular formula is C23H24N2O3S. The van der Waals surface area contributed by atoms with Crippen molar-refractivity contribution in [1.29, 1.82) is 0 Å². The molecule has 0 radical (unpaired) electrons. The van der Waals surface area contributed by atoms with E-state index < -0.39 is 5.41 Å². The Morgan fingerprint density at radius 2 is 1.72 bits per heavy atom. The van der Waals surface area contributed by atoms with Crippen molar-refractivity contribution in [2.75, 3.05) is 17.6 Å². The number of nitrogens with zero attached hydrogens (tertiary/aromatic N) is 1. The minimum absolute atomic E-state index is 0.0745. The van der Waals surface area contributed by atoms with E-state index in [4.69, 9.17) is 0 Å². The summed E-state index contributed by atoms with van der Waals surface area (Å²) in [6, 6.07) is 17.3. The molecule has 29 heavy (non-hydrogen) atoms. The van der Waals surface area contributed by atoms with Crippen LogP contribution >= 0.6 is 11.8 Å². The van der Waals surface area contributed by atoms with E-state index in [2.05, 4.69) is 5.32 Å². The van der Waals surface area contributed by atoms with Crippen LogP contribution in [-0.2, 0) is 14.4 Å². The van der Waals surface area contributed by atoms with Gasteiger partial charge in [0.1, 0.15) is 6.54 Å². The first kappa shape index (κ1) is 20.9. The first-order valence-electron chi connectivity index (χ1n) is 9.39. The zero-order valence-electron chi connectivity index (χ0n) is 16.8. The number of rotatable bonds is 5. The van der Waals surface area contributed by atoms with Crippen LogP contribution in [0.15, 0.2) is 65.7 Å². The van der Waals surface area contributed by atoms with Gasteiger partial charge in [-0.15, -0.1) is 0 Å². The molecule has 0 saturated carbocycles. The lowest BCUT2D eigenvalue weighted by molar-refractivity contribution is -0.129. The molecule has 1 N–H and O–H groups in total. The molecule has 5 nitrogen and oxygen atoms in total. The summed E-state index contributed by atoms with van der Waals surface area (Å²) in [7, 11) is 0. The summed E-state index contributed by atoms with van der Waals surface area (Å²) in [6.45, 7) is 5.35. The largest absolute Gasteiger partial charge is 0.324 e. The van der Waals surface area contributed by atoms with Gasteiger partial charge >= 0.3 is 0 Å². The zero-order chi connectivity index (χ0) is 21.0. The van der Waals surface area contributed by atoms with Crippen molar-refractivity contribution in [3.8, 4) is 11.1 Å². The summed E-state index contributed by atoms with van der Waals surface area (Å²) in [5, 5.41) is 3.44. The van der Waals surface area contributed by atoms with E-state index in [0.717, 1.165) is 11.1 Å². The molecule has 2 aromatic rings. The van der Waals surface area contributed by atoms with Gasteiger partial charge in [-0.3, -0.25) is 19.3 Å². The van der Waals surface area contributed by atoms with Gasteiger partial charge in [0.2, 0.25) is 11.8 Å². The molecule has 1 aliphatic heterocycles. The molecule has 2 aromatic carbocycles. The molecule has 1 aliphatic rings. The molecule has 0 bridgehead atoms. The monoisotopic (exact) mass is 408 g/mol. The van der Waals surface area contributed by atoms with Gasteiger partial charge in [-0.2, -0.15) is 0 Å². The lowest BCUT2D eigenvalue weighted by atomic mass is 9.91. The van der Waals surface area contributed by atoms with Crippen LogP contribution in [0.5, 0.6) is 0 Å². The van der Waals surface area contributed by atoms with Crippen molar-refractivity contribution in [2.45, 2.75) is 20.8 Å². The quantitative estimate of drug-likeness (QED) is 0.748. The fraction of sp³-hybridized carbons (Fsp3) is 0.261. The van der Waals surface area contributed by atoms with E-state index >= 15 is 0 Å². The Kier molecular flexibility index (Phi) is 6.23. The molecular weight excluding hydrogens is 384 g/mol. The Balaban J connectivity index is 1.76. The second kappa shape index (κ2) is 8.66. The Morgan fingerprint density at radius 3 is 2.41 bits per heavy atom. The zero-order valence-corrected chi connectivity index (χ0v) is 17.6. The molecule has 2 amide bonds. The fourth-order valence-corrected chi connectivity index (χ4v) is 3.76. The maximum absolute atomic E-state index is 12.7. The van der Waals surface area contributed by atoms with E-state index in [1.807, 2.05) is 75.4 Å². The third-order valence-corrected chi connectivity index (χ3v) is 5.52. The number of amides is 2. The molecule has 0 aliphatic carbocycles. The van der Waals surface area contributed by atoms with Crippen molar-refractivity contribution in [1.82, 2.24) is 4.90 Å². The predicted octanol–water partition coefficient (Wildman–Crippen LogP) is 4.32. The molecule has 1 fully saturated rings. The van der Waals surface area contributed by atoms with Crippen LogP contribution in [0.4, 0.5) is 5.69 Å². The summed E-state index contributed by atoms with van der Waals surface area (Å²) in [5.74, 6) is -0.320. The van der Waals surface area contributed by atoms with Crippen LogP contribution in [0.3, 0.4) is 0 Å². The standard InChI is InChI=1S/C23H24N2O3S/c1-23(2,3)19(26)13-22-25(21(28)15-29-22)14-20(27)24-18-12-8-7-11-17(18)16-9-5-4-6-10-16/h4-13H,14-15H2,1-3H3,(H,24,27). The van der Waals surface area contributed by atoms with Crippen molar-refractivity contribution in [3.05, 3.63) is 65.7 Å². The minimum Gasteiger partial charge on any atom is -0.324 e. The molecule has 3 rings (SSSR count). The second-order valence-corrected chi connectivity index (χ2v) is 8.82. The van der Waals surface area contributed by atoms with Crippen LogP contribution in [0.1, 0.15) is 20.8 Å². The van der Waals surface area contributed by atoms with Crippen LogP contribution in [0.25, 0.3) is 11.1 Å². The van der Waals surface area contributed by atoms with Gasteiger partial charge in [0.15, 0.2) is 5.78 Å². The highest BCUT2D eigenvalue weighted by Crippen LogP contribution is 2.31. The molecule has 1 heterocycles. The van der Waals surface area contributed by atoms with Gasteiger partial charge in [-0.05, 0) is 11.6 Å². The van der Waals surface area contributed by atoms with E-state index in [-0.39, 0.29) is 29.9 Å². The average Bonchev–Trinajstić information content (AvgIpc) is 3.02. The van der Waals surface area contributed by atoms with Crippen LogP contribution in [0.2, 0.25) is 0 Å². The molecule has 6 heteroatoms. The average molecular weight is 409 g/mol. The van der Waals surface area contributed by atoms with Gasteiger partial charge in [0.25, 0.3) is 0 Å². The smallest absolute Gasteiger partial charge is 0.244 e. The number of thioether (sulfide) groups is 1. The Labute approximate surface area is 175 Å². The number of allylic oxidation sites excluding steroid dienone is 1. The predicted molar refractivity (Wildman–Crippen MR) is 117 cm³/mol. The number of carbonyl (C=O) groups excluding carboxylic acids is 3. The van der Waals surface area contributed by atoms with E-state index in [1.54, 1.807) is 0 Å². The van der Waals surface area contributed by atoms with Crippen LogP contribution in [-0.4, -0.2) is 34.8 Å². The summed E-state index contributed by atoms with van der Waals surface area (Å²) >= 11 is 1.29. The summed E-state index contributed by atoms with van der Waals surface area (Å²) < 4.78 is 0. The molecule has 1 saturated heterocycles. The van der Waals surface area contributed by atoms with Gasteiger partial charge in [-0.1, -0.05) is 81.1 Å². The number of carbonyl (C=O) groups is 3. The number of para-hydroxylation sites is 1. The first-order chi connectivity index (χ1) is 13.8. The molecule has 0 atom stereocenters. The van der Waals surface area contributed by atoms with E-state index in [1.165, 1.54) is 22.7 Å². The normalized spacial score (nSPS) is 15.6. The van der Waals surface area contributed by atoms with Crippen molar-refractivity contribution >= 4 is 35.0 Å². The topological polar surface area (TPSA) is 66.5 Å². The number of ketones is 1. The molecule has 0 unspecified atom stereocenters. The number of nitrogens with one attached hydrogen (secondary N) is 1. The van der Waals surface area contributed by atoms with E-state index in [0.29, 0.717) is 10.7 Å². The molecule has 150 valence electrons. The summed E-state index contributed by atoms with van der Waals surface area (Å²) in [5.41, 5.74) is 2.04. The third kappa shape index (κ3) is 5.15. The highest BCUT2D eigenvalue weighted by Gasteiger charge is 2.31. The van der Waals surface area contributed by atoms with E-state index in [9.17, 15) is 14.4 Å². The number of anilines is 1. The number of hydrogen-bond acceptors (Lipinski definition) is 4. The Hall–Kier alpha value is -2.86. The lowest BCUT2D eigenvalue weighted by Crippen LogP contribution is -2.34. The van der Waals surface area contributed by atoms with Crippen molar-refractivity contribution in [2.24, 2.45) is 5.41 Å². The van der Waals surface area contributed by atoms with Crippen LogP contribution in [0, 0.1) is 5.41 Å². The van der Waals surface area contributed by atoms with Gasteiger partial charge in [-0.25, -0.2) is 0 Å². The lowest BCUT2D eigenvalue weighted by Gasteiger charge is -2.19. The molecule has 0 spiro atoms. The summed E-state index contributed by atoms with van der Waals surface area (Å²) in [4.78, 5) is 38.7. The SMILES string of the molecule is CC(C)(C)C(=O)C=C1SCC(=O)N1CC(=O)Nc1ccccc1-c1ccccc1. The minimum atomic E-state index is -0.540. The Morgan fingerprint density at radius 1 is 1.07 bits per heavy atom. The maximum atomic E-state index is 12.7. The van der Waals surface area contributed by atoms with Crippen molar-refractivity contribution < 1.29 is 14.4 Å². The maximum Gasteiger partial charge on any atom is 0.244 e. The number of hydrogen-bond donors (Lipinski definition) is 1. The number of benzene rings is 2. The highest BCUT2D eigenvalue weighted by atomic mass is 32.2. The summed E-state index contributed by atoms with van der Waals surface area (Å²) in [6.07, 6.45) is 1.47. The third-order valence-electron chi connectivity index (χ3n) is 4.49. The van der Waals surface area contributed by atoms with Gasteiger partial charge < -0.3 is 5.32 Å². The van der Waals surface area contributed by atoms with Crippen molar-refractivity contribution in [3.63, 3.8) is 0 Å². The van der Waals surface area contributed by atoms with Gasteiger partial charge in [0, 0.05) is 22.7 Å². The Bertz CT molecular complexity index is 962. The highest BCUT2D eigenvalue weighted by molar-refractivity contribution is 8.04. The first-order valence-corrected chi connectivity index (χ1v) is 10.4. The fourth-order valence-electron chi connectivity index (χ4n) is 2.82. The second-order valence-electron chi connectivity index (χ2n) is 7.83.